The SMILES string of the molecule is O=[N+]([O-])c1ccc(Sc2ccc(N=Cc3ccc4c(ccn4Cc4cccc(F)c4)c3)cc2)cc1. The van der Waals surface area contributed by atoms with Gasteiger partial charge in [0.1, 0.15) is 5.82 Å². The Hall–Kier alpha value is -4.23. The van der Waals surface area contributed by atoms with E-state index in [9.17, 15) is 14.5 Å². The Kier molecular flexibility index (Phi) is 6.41. The first-order valence-electron chi connectivity index (χ1n) is 10.9. The number of hydrogen-bond donors (Lipinski definition) is 0. The number of aromatic nitrogens is 1. The number of non-ortho nitro benzene ring substituents is 1. The molecule has 4 aromatic carbocycles. The van der Waals surface area contributed by atoms with Crippen molar-refractivity contribution in [2.24, 2.45) is 4.99 Å². The van der Waals surface area contributed by atoms with Crippen molar-refractivity contribution in [3.63, 3.8) is 0 Å². The summed E-state index contributed by atoms with van der Waals surface area (Å²) < 4.78 is 15.6. The van der Waals surface area contributed by atoms with E-state index in [0.29, 0.717) is 6.54 Å². The molecule has 0 saturated heterocycles. The molecule has 7 heteroatoms. The monoisotopic (exact) mass is 481 g/mol. The molecule has 0 saturated carbocycles. The molecule has 172 valence electrons. The van der Waals surface area contributed by atoms with E-state index in [4.69, 9.17) is 0 Å². The predicted molar refractivity (Wildman–Crippen MR) is 138 cm³/mol. The van der Waals surface area contributed by atoms with Gasteiger partial charge in [0, 0.05) is 51.8 Å². The highest BCUT2D eigenvalue weighted by atomic mass is 32.2. The van der Waals surface area contributed by atoms with Crippen LogP contribution in [0.2, 0.25) is 0 Å². The number of nitro benzene ring substituents is 1. The largest absolute Gasteiger partial charge is 0.343 e. The summed E-state index contributed by atoms with van der Waals surface area (Å²) in [6.07, 6.45) is 3.85. The molecule has 5 aromatic rings. The van der Waals surface area contributed by atoms with Crippen molar-refractivity contribution < 1.29 is 9.31 Å². The molecule has 1 aromatic heterocycles. The molecule has 0 atom stereocenters. The molecule has 5 nitrogen and oxygen atoms in total. The van der Waals surface area contributed by atoms with Crippen LogP contribution < -0.4 is 0 Å². The summed E-state index contributed by atoms with van der Waals surface area (Å²) in [6, 6.07) is 29.2. The average molecular weight is 482 g/mol. The number of aliphatic imine (C=N–C) groups is 1. The van der Waals surface area contributed by atoms with E-state index in [1.165, 1.54) is 30.0 Å². The smallest absolute Gasteiger partial charge is 0.269 e. The number of fused-ring (bicyclic) bond motifs is 1. The van der Waals surface area contributed by atoms with Gasteiger partial charge >= 0.3 is 0 Å². The second kappa shape index (κ2) is 9.95. The maximum Gasteiger partial charge on any atom is 0.269 e. The molecule has 0 spiro atoms. The van der Waals surface area contributed by atoms with Gasteiger partial charge in [0.15, 0.2) is 0 Å². The molecular formula is C28H20FN3O2S. The third-order valence-electron chi connectivity index (χ3n) is 5.52. The molecule has 0 aliphatic rings. The van der Waals surface area contributed by atoms with Crippen LogP contribution in [0.25, 0.3) is 10.9 Å². The lowest BCUT2D eigenvalue weighted by atomic mass is 10.1. The van der Waals surface area contributed by atoms with E-state index in [2.05, 4.69) is 27.8 Å². The zero-order valence-corrected chi connectivity index (χ0v) is 19.4. The molecular weight excluding hydrogens is 461 g/mol. The first kappa shape index (κ1) is 22.6. The molecule has 0 radical (unpaired) electrons. The third-order valence-corrected chi connectivity index (χ3v) is 6.54. The van der Waals surface area contributed by atoms with Crippen LogP contribution in [0.15, 0.2) is 118 Å². The van der Waals surface area contributed by atoms with Crippen molar-refractivity contribution in [1.29, 1.82) is 0 Å². The minimum absolute atomic E-state index is 0.0837. The first-order valence-corrected chi connectivity index (χ1v) is 11.7. The fourth-order valence-corrected chi connectivity index (χ4v) is 4.61. The van der Waals surface area contributed by atoms with Crippen molar-refractivity contribution in [3.05, 3.63) is 130 Å². The second-order valence-electron chi connectivity index (χ2n) is 8.00. The van der Waals surface area contributed by atoms with Gasteiger partial charge < -0.3 is 4.57 Å². The zero-order chi connectivity index (χ0) is 24.2. The molecule has 0 unspecified atom stereocenters. The van der Waals surface area contributed by atoms with Gasteiger partial charge in [-0.05, 0) is 77.9 Å². The average Bonchev–Trinajstić information content (AvgIpc) is 3.26. The van der Waals surface area contributed by atoms with Gasteiger partial charge in [-0.15, -0.1) is 0 Å². The van der Waals surface area contributed by atoms with Crippen molar-refractivity contribution in [2.45, 2.75) is 16.3 Å². The molecule has 1 heterocycles. The fourth-order valence-electron chi connectivity index (χ4n) is 3.79. The Morgan fingerprint density at radius 3 is 2.37 bits per heavy atom. The second-order valence-corrected chi connectivity index (χ2v) is 9.14. The summed E-state index contributed by atoms with van der Waals surface area (Å²) in [5.74, 6) is -0.226. The Labute approximate surface area is 205 Å². The number of halogens is 1. The Bertz CT molecular complexity index is 1530. The summed E-state index contributed by atoms with van der Waals surface area (Å²) in [6.45, 7) is 0.610. The van der Waals surface area contributed by atoms with Crippen LogP contribution in [0.5, 0.6) is 0 Å². The number of hydrogen-bond acceptors (Lipinski definition) is 4. The van der Waals surface area contributed by atoms with Crippen LogP contribution in [-0.2, 0) is 6.54 Å². The molecule has 0 aliphatic carbocycles. The summed E-state index contributed by atoms with van der Waals surface area (Å²) in [5.41, 5.74) is 3.91. The van der Waals surface area contributed by atoms with Gasteiger partial charge in [-0.25, -0.2) is 4.39 Å². The zero-order valence-electron chi connectivity index (χ0n) is 18.5. The van der Waals surface area contributed by atoms with Crippen LogP contribution in [0.1, 0.15) is 11.1 Å². The summed E-state index contributed by atoms with van der Waals surface area (Å²) in [5, 5.41) is 11.9. The lowest BCUT2D eigenvalue weighted by Gasteiger charge is -2.06. The standard InChI is InChI=1S/C28H20FN3O2S/c29-23-3-1-2-21(17-23)19-31-15-14-22-16-20(4-13-28(22)31)18-30-24-5-9-26(10-6-24)35-27-11-7-25(8-12-27)32(33)34/h1-18H,19H2. The Morgan fingerprint density at radius 2 is 1.66 bits per heavy atom. The van der Waals surface area contributed by atoms with Gasteiger partial charge in [-0.1, -0.05) is 30.0 Å². The molecule has 0 N–H and O–H groups in total. The molecule has 0 bridgehead atoms. The number of nitrogens with zero attached hydrogens (tertiary/aromatic N) is 3. The summed E-state index contributed by atoms with van der Waals surface area (Å²) in [7, 11) is 0. The molecule has 0 amide bonds. The van der Waals surface area contributed by atoms with E-state index in [0.717, 1.165) is 37.5 Å². The number of nitro groups is 1. The van der Waals surface area contributed by atoms with Crippen LogP contribution in [0.3, 0.4) is 0 Å². The normalized spacial score (nSPS) is 11.3. The first-order chi connectivity index (χ1) is 17.0. The van der Waals surface area contributed by atoms with E-state index in [1.807, 2.05) is 48.8 Å². The van der Waals surface area contributed by atoms with Crippen molar-refractivity contribution in [3.8, 4) is 0 Å². The maximum atomic E-state index is 13.5. The van der Waals surface area contributed by atoms with Crippen LogP contribution in [0.4, 0.5) is 15.8 Å². The lowest BCUT2D eigenvalue weighted by molar-refractivity contribution is -0.384. The lowest BCUT2D eigenvalue weighted by Crippen LogP contribution is -1.98. The van der Waals surface area contributed by atoms with E-state index >= 15 is 0 Å². The minimum Gasteiger partial charge on any atom is -0.343 e. The highest BCUT2D eigenvalue weighted by Crippen LogP contribution is 2.30. The van der Waals surface area contributed by atoms with Crippen molar-refractivity contribution >= 4 is 40.3 Å². The quantitative estimate of drug-likeness (QED) is 0.136. The van der Waals surface area contributed by atoms with E-state index < -0.39 is 4.92 Å². The van der Waals surface area contributed by atoms with Crippen molar-refractivity contribution in [2.75, 3.05) is 0 Å². The molecule has 0 aliphatic heterocycles. The van der Waals surface area contributed by atoms with Gasteiger partial charge in [0.05, 0.1) is 10.6 Å². The van der Waals surface area contributed by atoms with Crippen LogP contribution in [-0.4, -0.2) is 15.7 Å². The topological polar surface area (TPSA) is 60.4 Å². The Morgan fingerprint density at radius 1 is 0.914 bits per heavy atom. The van der Waals surface area contributed by atoms with Gasteiger partial charge in [0.2, 0.25) is 0 Å². The van der Waals surface area contributed by atoms with Gasteiger partial charge in [-0.2, -0.15) is 0 Å². The molecule has 35 heavy (non-hydrogen) atoms. The minimum atomic E-state index is -0.401. The summed E-state index contributed by atoms with van der Waals surface area (Å²) >= 11 is 1.54. The third kappa shape index (κ3) is 5.47. The van der Waals surface area contributed by atoms with Gasteiger partial charge in [-0.3, -0.25) is 15.1 Å². The maximum absolute atomic E-state index is 13.5. The highest BCUT2D eigenvalue weighted by molar-refractivity contribution is 7.99. The fraction of sp³-hybridized carbons (Fsp3) is 0.0357. The van der Waals surface area contributed by atoms with Crippen LogP contribution >= 0.6 is 11.8 Å². The highest BCUT2D eigenvalue weighted by Gasteiger charge is 2.06. The van der Waals surface area contributed by atoms with E-state index in [-0.39, 0.29) is 11.5 Å². The van der Waals surface area contributed by atoms with E-state index in [1.54, 1.807) is 24.3 Å². The molecule has 0 fully saturated rings. The summed E-state index contributed by atoms with van der Waals surface area (Å²) in [4.78, 5) is 16.9. The molecule has 5 rings (SSSR count). The predicted octanol–water partition coefficient (Wildman–Crippen LogP) is 7.64. The van der Waals surface area contributed by atoms with Crippen LogP contribution in [0, 0.1) is 15.9 Å². The number of rotatable bonds is 7. The van der Waals surface area contributed by atoms with Gasteiger partial charge in [0.25, 0.3) is 5.69 Å². The number of benzene rings is 4. The Balaban J connectivity index is 1.25. The van der Waals surface area contributed by atoms with Crippen molar-refractivity contribution in [1.82, 2.24) is 4.57 Å².